The van der Waals surface area contributed by atoms with Crippen LogP contribution in [0.25, 0.3) is 10.8 Å². The molecule has 0 bridgehead atoms. The van der Waals surface area contributed by atoms with Crippen molar-refractivity contribution in [1.29, 1.82) is 0 Å². The summed E-state index contributed by atoms with van der Waals surface area (Å²) in [6.07, 6.45) is 0.385. The number of benzene rings is 3. The molecule has 0 fully saturated rings. The average Bonchev–Trinajstić information content (AvgIpc) is 2.62. The molecule has 0 spiro atoms. The second-order valence-corrected chi connectivity index (χ2v) is 7.19. The van der Waals surface area contributed by atoms with Crippen molar-refractivity contribution in [2.24, 2.45) is 10.9 Å². The predicted molar refractivity (Wildman–Crippen MR) is 101 cm³/mol. The number of fused-ring (bicyclic) bond motifs is 1. The number of carbonyl (C=O) groups is 1. The number of rotatable bonds is 4. The van der Waals surface area contributed by atoms with Crippen LogP contribution in [0.3, 0.4) is 0 Å². The van der Waals surface area contributed by atoms with Gasteiger partial charge in [0.25, 0.3) is 0 Å². The molecule has 3 aromatic carbocycles. The highest BCUT2D eigenvalue weighted by molar-refractivity contribution is 7.89. The summed E-state index contributed by atoms with van der Waals surface area (Å²) in [6, 6.07) is 20.8. The van der Waals surface area contributed by atoms with Crippen LogP contribution in [0.5, 0.6) is 0 Å². The zero-order valence-electron chi connectivity index (χ0n) is 13.9. The first-order chi connectivity index (χ1) is 12.3. The summed E-state index contributed by atoms with van der Waals surface area (Å²) >= 11 is 0. The fraction of sp³-hybridized carbons (Fsp3) is 0.105. The van der Waals surface area contributed by atoms with Crippen molar-refractivity contribution in [2.75, 3.05) is 0 Å². The van der Waals surface area contributed by atoms with Crippen molar-refractivity contribution in [3.8, 4) is 0 Å². The Hall–Kier alpha value is -2.74. The van der Waals surface area contributed by atoms with E-state index in [0.717, 1.165) is 10.9 Å². The van der Waals surface area contributed by atoms with Gasteiger partial charge in [0.05, 0.1) is 4.90 Å². The first-order valence-corrected chi connectivity index (χ1v) is 9.36. The standard InChI is InChI=1S/C10H9NO2S.C9H11NO2/c11-14(12,13)10-7-3-5-8-4-1-2-6-9(8)10;10-8(9(11)12)6-7-4-2-1-3-5-7/h1-7H,(H2,11,12,13);1-5,8H,6,10H2,(H,11,12)/t;8-/m.0/s1. The lowest BCUT2D eigenvalue weighted by molar-refractivity contribution is -0.138. The summed E-state index contributed by atoms with van der Waals surface area (Å²) in [6.45, 7) is 0. The van der Waals surface area contributed by atoms with Gasteiger partial charge in [-0.25, -0.2) is 13.6 Å². The smallest absolute Gasteiger partial charge is 0.320 e. The minimum atomic E-state index is -3.63. The van der Waals surface area contributed by atoms with Crippen molar-refractivity contribution in [1.82, 2.24) is 0 Å². The van der Waals surface area contributed by atoms with Gasteiger partial charge in [-0.1, -0.05) is 66.7 Å². The second kappa shape index (κ2) is 8.57. The minimum absolute atomic E-state index is 0.176. The monoisotopic (exact) mass is 372 g/mol. The van der Waals surface area contributed by atoms with E-state index in [2.05, 4.69) is 0 Å². The van der Waals surface area contributed by atoms with E-state index >= 15 is 0 Å². The maximum Gasteiger partial charge on any atom is 0.320 e. The van der Waals surface area contributed by atoms with E-state index in [0.29, 0.717) is 11.8 Å². The van der Waals surface area contributed by atoms with Crippen molar-refractivity contribution in [2.45, 2.75) is 17.4 Å². The van der Waals surface area contributed by atoms with Crippen LogP contribution in [0.15, 0.2) is 77.7 Å². The lowest BCUT2D eigenvalue weighted by Gasteiger charge is -2.04. The molecule has 5 N–H and O–H groups in total. The van der Waals surface area contributed by atoms with Gasteiger partial charge in [-0.05, 0) is 23.4 Å². The normalized spacial score (nSPS) is 12.1. The van der Waals surface area contributed by atoms with Gasteiger partial charge in [0, 0.05) is 5.39 Å². The van der Waals surface area contributed by atoms with Gasteiger partial charge < -0.3 is 10.8 Å². The summed E-state index contributed by atoms with van der Waals surface area (Å²) in [7, 11) is -3.63. The molecule has 26 heavy (non-hydrogen) atoms. The van der Waals surface area contributed by atoms with Crippen molar-refractivity contribution in [3.05, 3.63) is 78.4 Å². The summed E-state index contributed by atoms with van der Waals surface area (Å²) in [4.78, 5) is 10.6. The van der Waals surface area contributed by atoms with Crippen LogP contribution in [0.4, 0.5) is 0 Å². The number of aliphatic carboxylic acids is 1. The number of carboxylic acids is 1. The van der Waals surface area contributed by atoms with E-state index < -0.39 is 22.0 Å². The number of sulfonamides is 1. The van der Waals surface area contributed by atoms with Crippen LogP contribution in [0.2, 0.25) is 0 Å². The van der Waals surface area contributed by atoms with E-state index in [9.17, 15) is 13.2 Å². The van der Waals surface area contributed by atoms with Crippen LogP contribution in [0.1, 0.15) is 5.56 Å². The molecule has 0 aliphatic carbocycles. The molecule has 0 aliphatic rings. The molecule has 3 rings (SSSR count). The number of hydrogen-bond acceptors (Lipinski definition) is 4. The highest BCUT2D eigenvalue weighted by atomic mass is 32.2. The lowest BCUT2D eigenvalue weighted by Crippen LogP contribution is -2.32. The van der Waals surface area contributed by atoms with Crippen molar-refractivity contribution in [3.63, 3.8) is 0 Å². The molecule has 6 nitrogen and oxygen atoms in total. The zero-order chi connectivity index (χ0) is 19.2. The largest absolute Gasteiger partial charge is 0.480 e. The van der Waals surface area contributed by atoms with Crippen molar-refractivity contribution >= 4 is 26.8 Å². The van der Waals surface area contributed by atoms with Gasteiger partial charge in [0.15, 0.2) is 0 Å². The van der Waals surface area contributed by atoms with Gasteiger partial charge in [0.2, 0.25) is 10.0 Å². The fourth-order valence-electron chi connectivity index (χ4n) is 2.40. The second-order valence-electron chi connectivity index (χ2n) is 5.66. The molecule has 7 heteroatoms. The molecule has 0 unspecified atom stereocenters. The lowest BCUT2D eigenvalue weighted by atomic mass is 10.1. The Morgan fingerprint density at radius 1 is 0.923 bits per heavy atom. The Bertz CT molecular complexity index is 983. The van der Waals surface area contributed by atoms with E-state index in [1.54, 1.807) is 18.2 Å². The fourth-order valence-corrected chi connectivity index (χ4v) is 3.16. The molecule has 3 aromatic rings. The van der Waals surface area contributed by atoms with Gasteiger partial charge in [-0.3, -0.25) is 4.79 Å². The molecule has 0 radical (unpaired) electrons. The van der Waals surface area contributed by atoms with Crippen LogP contribution < -0.4 is 10.9 Å². The molecule has 0 heterocycles. The SMILES string of the molecule is NS(=O)(=O)c1cccc2ccccc12.N[C@@H](Cc1ccccc1)C(=O)O. The van der Waals surface area contributed by atoms with E-state index in [1.807, 2.05) is 48.5 Å². The van der Waals surface area contributed by atoms with Gasteiger partial charge in [-0.2, -0.15) is 0 Å². The zero-order valence-corrected chi connectivity index (χ0v) is 14.8. The highest BCUT2D eigenvalue weighted by Gasteiger charge is 2.11. The highest BCUT2D eigenvalue weighted by Crippen LogP contribution is 2.21. The third-order valence-electron chi connectivity index (χ3n) is 3.67. The summed E-state index contributed by atoms with van der Waals surface area (Å²) < 4.78 is 22.4. The predicted octanol–water partition coefficient (Wildman–Crippen LogP) is 2.13. The molecule has 1 atom stereocenters. The average molecular weight is 372 g/mol. The van der Waals surface area contributed by atoms with Crippen LogP contribution in [-0.2, 0) is 21.2 Å². The summed E-state index contributed by atoms with van der Waals surface area (Å²) in [5.74, 6) is -0.959. The van der Waals surface area contributed by atoms with Crippen LogP contribution in [0, 0.1) is 0 Å². The summed E-state index contributed by atoms with van der Waals surface area (Å²) in [5.41, 5.74) is 6.30. The Balaban J connectivity index is 0.000000190. The maximum atomic E-state index is 11.2. The Morgan fingerprint density at radius 2 is 1.50 bits per heavy atom. The molecular formula is C19H20N2O4S. The van der Waals surface area contributed by atoms with Gasteiger partial charge >= 0.3 is 5.97 Å². The number of primary sulfonamides is 1. The molecule has 136 valence electrons. The molecule has 0 saturated carbocycles. The number of hydrogen-bond donors (Lipinski definition) is 3. The van der Waals surface area contributed by atoms with Crippen LogP contribution >= 0.6 is 0 Å². The first kappa shape index (κ1) is 19.6. The topological polar surface area (TPSA) is 123 Å². The Labute approximate surface area is 152 Å². The molecule has 0 aromatic heterocycles. The Morgan fingerprint density at radius 3 is 2.12 bits per heavy atom. The Kier molecular flexibility index (Phi) is 6.46. The van der Waals surface area contributed by atoms with Gasteiger partial charge in [0.1, 0.15) is 6.04 Å². The van der Waals surface area contributed by atoms with Crippen molar-refractivity contribution < 1.29 is 18.3 Å². The molecule has 0 aliphatic heterocycles. The van der Waals surface area contributed by atoms with E-state index in [4.69, 9.17) is 16.0 Å². The van der Waals surface area contributed by atoms with Crippen LogP contribution in [-0.4, -0.2) is 25.5 Å². The molecule has 0 saturated heterocycles. The third kappa shape index (κ3) is 5.38. The summed E-state index contributed by atoms with van der Waals surface area (Å²) in [5, 5.41) is 15.2. The number of nitrogens with two attached hydrogens (primary N) is 2. The first-order valence-electron chi connectivity index (χ1n) is 7.82. The van der Waals surface area contributed by atoms with E-state index in [1.165, 1.54) is 6.07 Å². The third-order valence-corrected chi connectivity index (χ3v) is 4.64. The minimum Gasteiger partial charge on any atom is -0.480 e. The van der Waals surface area contributed by atoms with E-state index in [-0.39, 0.29) is 4.90 Å². The molecule has 0 amide bonds. The number of carboxylic acid groups (broad SMARTS) is 1. The quantitative estimate of drug-likeness (QED) is 0.647. The van der Waals surface area contributed by atoms with Gasteiger partial charge in [-0.15, -0.1) is 0 Å². The maximum absolute atomic E-state index is 11.2. The molecular weight excluding hydrogens is 352 g/mol.